The van der Waals surface area contributed by atoms with Crippen LogP contribution < -0.4 is 5.32 Å². The molecule has 0 spiro atoms. The van der Waals surface area contributed by atoms with Gasteiger partial charge in [0, 0.05) is 16.6 Å². The maximum atomic E-state index is 12.5. The molecule has 0 aliphatic heterocycles. The Morgan fingerprint density at radius 1 is 1.33 bits per heavy atom. The van der Waals surface area contributed by atoms with Crippen LogP contribution in [0.1, 0.15) is 48.0 Å². The molecule has 0 radical (unpaired) electrons. The lowest BCUT2D eigenvalue weighted by atomic mass is 10.1. The molecule has 0 aromatic heterocycles. The highest BCUT2D eigenvalue weighted by atomic mass is 32.2. The van der Waals surface area contributed by atoms with Crippen molar-refractivity contribution in [3.05, 3.63) is 29.3 Å². The predicted molar refractivity (Wildman–Crippen MR) is 88.8 cm³/mol. The van der Waals surface area contributed by atoms with Crippen LogP contribution in [0.25, 0.3) is 0 Å². The minimum atomic E-state index is -2.80. The molecule has 1 fully saturated rings. The number of halogens is 2. The van der Waals surface area contributed by atoms with Crippen LogP contribution in [0.4, 0.5) is 8.78 Å². The molecule has 1 aromatic rings. The molecule has 2 rings (SSSR count). The van der Waals surface area contributed by atoms with Gasteiger partial charge in [-0.25, -0.2) is 13.6 Å². The van der Waals surface area contributed by atoms with Crippen molar-refractivity contribution in [2.75, 3.05) is 0 Å². The summed E-state index contributed by atoms with van der Waals surface area (Å²) in [5.74, 6) is -2.08. The molecule has 1 aliphatic rings. The van der Waals surface area contributed by atoms with E-state index in [1.807, 2.05) is 19.1 Å². The molecule has 1 amide bonds. The molecule has 1 unspecified atom stereocenters. The van der Waals surface area contributed by atoms with Gasteiger partial charge >= 0.3 is 5.97 Å². The standard InChI is InChI=1S/C17H21F2NO3S/c1-10-6-7-14(24-11-4-2-3-5-11)12(8-10)16(21)20-13(17(22)23)9-15(18)19/h6-8,11,13,15H,2-5,9H2,1H3,(H,20,21)(H,22,23). The number of hydrogen-bond donors (Lipinski definition) is 2. The summed E-state index contributed by atoms with van der Waals surface area (Å²) < 4.78 is 25.0. The summed E-state index contributed by atoms with van der Waals surface area (Å²) >= 11 is 1.61. The number of carbonyl (C=O) groups excluding carboxylic acids is 1. The number of amides is 1. The van der Waals surface area contributed by atoms with Crippen LogP contribution in [0.5, 0.6) is 0 Å². The Morgan fingerprint density at radius 2 is 2.00 bits per heavy atom. The van der Waals surface area contributed by atoms with Crippen LogP contribution in [-0.2, 0) is 4.79 Å². The highest BCUT2D eigenvalue weighted by Crippen LogP contribution is 2.36. The highest BCUT2D eigenvalue weighted by Gasteiger charge is 2.26. The second-order valence-electron chi connectivity index (χ2n) is 6.02. The normalized spacial score (nSPS) is 16.3. The molecule has 1 atom stereocenters. The SMILES string of the molecule is Cc1ccc(SC2CCCC2)c(C(=O)NC(CC(F)F)C(=O)O)c1. The number of benzene rings is 1. The molecular weight excluding hydrogens is 336 g/mol. The second-order valence-corrected chi connectivity index (χ2v) is 7.36. The van der Waals surface area contributed by atoms with Gasteiger partial charge in [0.05, 0.1) is 5.56 Å². The molecule has 0 bridgehead atoms. The van der Waals surface area contributed by atoms with E-state index in [2.05, 4.69) is 5.32 Å². The summed E-state index contributed by atoms with van der Waals surface area (Å²) in [5.41, 5.74) is 1.21. The van der Waals surface area contributed by atoms with Gasteiger partial charge in [0.25, 0.3) is 5.91 Å². The van der Waals surface area contributed by atoms with Gasteiger partial charge in [0.2, 0.25) is 6.43 Å². The number of alkyl halides is 2. The van der Waals surface area contributed by atoms with Gasteiger partial charge in [-0.15, -0.1) is 11.8 Å². The third kappa shape index (κ3) is 5.19. The van der Waals surface area contributed by atoms with Crippen molar-refractivity contribution in [2.45, 2.75) is 61.6 Å². The highest BCUT2D eigenvalue weighted by molar-refractivity contribution is 8.00. The summed E-state index contributed by atoms with van der Waals surface area (Å²) in [5, 5.41) is 11.7. The molecule has 1 aromatic carbocycles. The van der Waals surface area contributed by atoms with Crippen LogP contribution in [0.15, 0.2) is 23.1 Å². The van der Waals surface area contributed by atoms with E-state index in [-0.39, 0.29) is 0 Å². The lowest BCUT2D eigenvalue weighted by Gasteiger charge is -2.17. The summed E-state index contributed by atoms with van der Waals surface area (Å²) in [6.45, 7) is 1.83. The van der Waals surface area contributed by atoms with Crippen molar-refractivity contribution in [3.63, 3.8) is 0 Å². The molecule has 0 heterocycles. The van der Waals surface area contributed by atoms with Crippen LogP contribution in [0, 0.1) is 6.92 Å². The van der Waals surface area contributed by atoms with Gasteiger partial charge in [-0.3, -0.25) is 4.79 Å². The first-order valence-electron chi connectivity index (χ1n) is 7.96. The van der Waals surface area contributed by atoms with Crippen molar-refractivity contribution in [1.82, 2.24) is 5.32 Å². The third-order valence-electron chi connectivity index (χ3n) is 3.99. The number of carboxylic acids is 1. The number of aliphatic carboxylic acids is 1. The van der Waals surface area contributed by atoms with Gasteiger partial charge < -0.3 is 10.4 Å². The molecule has 7 heteroatoms. The van der Waals surface area contributed by atoms with Crippen molar-refractivity contribution >= 4 is 23.6 Å². The zero-order chi connectivity index (χ0) is 17.7. The number of carboxylic acid groups (broad SMARTS) is 1. The third-order valence-corrected chi connectivity index (χ3v) is 5.41. The Hall–Kier alpha value is -1.63. The van der Waals surface area contributed by atoms with Crippen molar-refractivity contribution in [1.29, 1.82) is 0 Å². The molecule has 24 heavy (non-hydrogen) atoms. The molecular formula is C17H21F2NO3S. The summed E-state index contributed by atoms with van der Waals surface area (Å²) in [6.07, 6.45) is 0.807. The average Bonchev–Trinajstić information content (AvgIpc) is 3.00. The lowest BCUT2D eigenvalue weighted by Crippen LogP contribution is -2.42. The van der Waals surface area contributed by atoms with Gasteiger partial charge in [-0.1, -0.05) is 24.5 Å². The van der Waals surface area contributed by atoms with Crippen molar-refractivity contribution < 1.29 is 23.5 Å². The molecule has 1 saturated carbocycles. The van der Waals surface area contributed by atoms with E-state index in [0.29, 0.717) is 10.8 Å². The van der Waals surface area contributed by atoms with E-state index in [1.165, 1.54) is 12.8 Å². The Bertz CT molecular complexity index is 603. The number of thioether (sulfide) groups is 1. The largest absolute Gasteiger partial charge is 0.480 e. The first kappa shape index (κ1) is 18.7. The van der Waals surface area contributed by atoms with E-state index in [1.54, 1.807) is 17.8 Å². The molecule has 4 nitrogen and oxygen atoms in total. The minimum absolute atomic E-state index is 0.354. The quantitative estimate of drug-likeness (QED) is 0.777. The van der Waals surface area contributed by atoms with Gasteiger partial charge in [-0.2, -0.15) is 0 Å². The summed E-state index contributed by atoms with van der Waals surface area (Å²) in [7, 11) is 0. The second kappa shape index (κ2) is 8.46. The Morgan fingerprint density at radius 3 is 2.58 bits per heavy atom. The topological polar surface area (TPSA) is 66.4 Å². The summed E-state index contributed by atoms with van der Waals surface area (Å²) in [6, 6.07) is 3.81. The Labute approximate surface area is 144 Å². The van der Waals surface area contributed by atoms with E-state index >= 15 is 0 Å². The monoisotopic (exact) mass is 357 g/mol. The maximum Gasteiger partial charge on any atom is 0.326 e. The predicted octanol–water partition coefficient (Wildman–Crippen LogP) is 3.87. The first-order valence-corrected chi connectivity index (χ1v) is 8.84. The van der Waals surface area contributed by atoms with Gasteiger partial charge in [0.15, 0.2) is 0 Å². The number of rotatable bonds is 7. The zero-order valence-corrected chi connectivity index (χ0v) is 14.2. The van der Waals surface area contributed by atoms with Crippen LogP contribution >= 0.6 is 11.8 Å². The number of nitrogens with one attached hydrogen (secondary N) is 1. The first-order chi connectivity index (χ1) is 11.4. The Balaban J connectivity index is 2.17. The number of aryl methyl sites for hydroxylation is 1. The summed E-state index contributed by atoms with van der Waals surface area (Å²) in [4.78, 5) is 24.3. The minimum Gasteiger partial charge on any atom is -0.480 e. The fraction of sp³-hybridized carbons (Fsp3) is 0.529. The van der Waals surface area contributed by atoms with E-state index < -0.39 is 30.8 Å². The van der Waals surface area contributed by atoms with Crippen LogP contribution in [0.2, 0.25) is 0 Å². The lowest BCUT2D eigenvalue weighted by molar-refractivity contribution is -0.140. The number of carbonyl (C=O) groups is 2. The molecule has 132 valence electrons. The van der Waals surface area contributed by atoms with E-state index in [4.69, 9.17) is 5.11 Å². The molecule has 2 N–H and O–H groups in total. The van der Waals surface area contributed by atoms with Gasteiger partial charge in [-0.05, 0) is 31.9 Å². The fourth-order valence-electron chi connectivity index (χ4n) is 2.75. The number of hydrogen-bond acceptors (Lipinski definition) is 3. The smallest absolute Gasteiger partial charge is 0.326 e. The van der Waals surface area contributed by atoms with Crippen LogP contribution in [0.3, 0.4) is 0 Å². The van der Waals surface area contributed by atoms with Crippen LogP contribution in [-0.4, -0.2) is 34.7 Å². The fourth-order valence-corrected chi connectivity index (χ4v) is 4.10. The van der Waals surface area contributed by atoms with Crippen molar-refractivity contribution in [3.8, 4) is 0 Å². The molecule has 0 saturated heterocycles. The average molecular weight is 357 g/mol. The zero-order valence-electron chi connectivity index (χ0n) is 13.4. The molecule has 1 aliphatic carbocycles. The van der Waals surface area contributed by atoms with Gasteiger partial charge in [0.1, 0.15) is 6.04 Å². The van der Waals surface area contributed by atoms with E-state index in [9.17, 15) is 18.4 Å². The van der Waals surface area contributed by atoms with Crippen molar-refractivity contribution in [2.24, 2.45) is 0 Å². The van der Waals surface area contributed by atoms with E-state index in [0.717, 1.165) is 23.3 Å². The Kier molecular flexibility index (Phi) is 6.60. The maximum absolute atomic E-state index is 12.5.